The third-order valence-electron chi connectivity index (χ3n) is 3.27. The SMILES string of the molecule is CSC(C)c1ccc2c(c1)CCCC2O. The van der Waals surface area contributed by atoms with E-state index in [1.165, 1.54) is 11.1 Å². The number of hydrogen-bond donors (Lipinski definition) is 1. The van der Waals surface area contributed by atoms with E-state index in [0.717, 1.165) is 24.8 Å². The highest BCUT2D eigenvalue weighted by Crippen LogP contribution is 2.33. The number of thioether (sulfide) groups is 1. The number of hydrogen-bond acceptors (Lipinski definition) is 2. The summed E-state index contributed by atoms with van der Waals surface area (Å²) in [5.41, 5.74) is 3.89. The van der Waals surface area contributed by atoms with Gasteiger partial charge in [-0.25, -0.2) is 0 Å². The van der Waals surface area contributed by atoms with Crippen molar-refractivity contribution >= 4 is 11.8 Å². The molecule has 2 unspecified atom stereocenters. The molecule has 0 aromatic heterocycles. The lowest BCUT2D eigenvalue weighted by Gasteiger charge is -2.22. The predicted molar refractivity (Wildman–Crippen MR) is 66.3 cm³/mol. The summed E-state index contributed by atoms with van der Waals surface area (Å²) in [6.07, 6.45) is 5.07. The summed E-state index contributed by atoms with van der Waals surface area (Å²) in [5.74, 6) is 0. The van der Waals surface area contributed by atoms with Gasteiger partial charge in [-0.2, -0.15) is 11.8 Å². The smallest absolute Gasteiger partial charge is 0.0792 e. The van der Waals surface area contributed by atoms with Crippen LogP contribution in [0.5, 0.6) is 0 Å². The summed E-state index contributed by atoms with van der Waals surface area (Å²) in [7, 11) is 0. The van der Waals surface area contributed by atoms with Crippen LogP contribution >= 0.6 is 11.8 Å². The summed E-state index contributed by atoms with van der Waals surface area (Å²) in [6, 6.07) is 6.55. The molecule has 0 aliphatic heterocycles. The van der Waals surface area contributed by atoms with E-state index in [1.54, 1.807) is 0 Å². The van der Waals surface area contributed by atoms with Crippen LogP contribution in [0.4, 0.5) is 0 Å². The Morgan fingerprint density at radius 3 is 3.00 bits per heavy atom. The van der Waals surface area contributed by atoms with Gasteiger partial charge in [-0.15, -0.1) is 0 Å². The van der Waals surface area contributed by atoms with Crippen molar-refractivity contribution in [2.45, 2.75) is 37.5 Å². The molecule has 0 spiro atoms. The largest absolute Gasteiger partial charge is 0.388 e. The molecule has 1 nitrogen and oxygen atoms in total. The molecular formula is C13H18OS. The van der Waals surface area contributed by atoms with Gasteiger partial charge < -0.3 is 5.11 Å². The minimum absolute atomic E-state index is 0.229. The van der Waals surface area contributed by atoms with Gasteiger partial charge in [-0.3, -0.25) is 0 Å². The van der Waals surface area contributed by atoms with Crippen LogP contribution in [0.2, 0.25) is 0 Å². The monoisotopic (exact) mass is 222 g/mol. The van der Waals surface area contributed by atoms with Crippen molar-refractivity contribution in [3.8, 4) is 0 Å². The van der Waals surface area contributed by atoms with E-state index >= 15 is 0 Å². The molecule has 0 heterocycles. The quantitative estimate of drug-likeness (QED) is 0.826. The molecule has 82 valence electrons. The molecule has 0 saturated heterocycles. The molecule has 1 aliphatic rings. The van der Waals surface area contributed by atoms with E-state index in [-0.39, 0.29) is 6.10 Å². The fraction of sp³-hybridized carbons (Fsp3) is 0.538. The van der Waals surface area contributed by atoms with Gasteiger partial charge >= 0.3 is 0 Å². The van der Waals surface area contributed by atoms with Gasteiger partial charge in [0.05, 0.1) is 6.10 Å². The lowest BCUT2D eigenvalue weighted by atomic mass is 9.88. The van der Waals surface area contributed by atoms with Crippen LogP contribution in [0.25, 0.3) is 0 Å². The second kappa shape index (κ2) is 4.58. The van der Waals surface area contributed by atoms with E-state index in [4.69, 9.17) is 0 Å². The van der Waals surface area contributed by atoms with Gasteiger partial charge in [0.25, 0.3) is 0 Å². The van der Waals surface area contributed by atoms with Gasteiger partial charge in [0, 0.05) is 5.25 Å². The van der Waals surface area contributed by atoms with Crippen molar-refractivity contribution < 1.29 is 5.11 Å². The first-order valence-corrected chi connectivity index (χ1v) is 6.84. The van der Waals surface area contributed by atoms with E-state index in [0.29, 0.717) is 5.25 Å². The molecular weight excluding hydrogens is 204 g/mol. The number of benzene rings is 1. The highest BCUT2D eigenvalue weighted by Gasteiger charge is 2.18. The van der Waals surface area contributed by atoms with Gasteiger partial charge in [-0.05, 0) is 49.1 Å². The van der Waals surface area contributed by atoms with Crippen LogP contribution in [0.3, 0.4) is 0 Å². The Morgan fingerprint density at radius 2 is 2.27 bits per heavy atom. The molecule has 1 N–H and O–H groups in total. The second-order valence-electron chi connectivity index (χ2n) is 4.24. The number of aliphatic hydroxyl groups excluding tert-OH is 1. The first-order valence-electron chi connectivity index (χ1n) is 5.56. The Balaban J connectivity index is 2.33. The van der Waals surface area contributed by atoms with Crippen molar-refractivity contribution in [3.63, 3.8) is 0 Å². The summed E-state index contributed by atoms with van der Waals surface area (Å²) >= 11 is 1.87. The molecule has 0 saturated carbocycles. The lowest BCUT2D eigenvalue weighted by Crippen LogP contribution is -2.09. The minimum Gasteiger partial charge on any atom is -0.388 e. The van der Waals surface area contributed by atoms with Crippen LogP contribution in [0.1, 0.15) is 47.8 Å². The predicted octanol–water partition coefficient (Wildman–Crippen LogP) is 3.48. The topological polar surface area (TPSA) is 20.2 Å². The normalized spacial score (nSPS) is 22.2. The molecule has 1 aromatic rings. The average Bonchev–Trinajstić information content (AvgIpc) is 2.28. The minimum atomic E-state index is -0.229. The standard InChI is InChI=1S/C13H18OS/c1-9(15-2)10-6-7-12-11(8-10)4-3-5-13(12)14/h6-9,13-14H,3-5H2,1-2H3. The third kappa shape index (κ3) is 2.21. The van der Waals surface area contributed by atoms with Crippen molar-refractivity contribution in [1.29, 1.82) is 0 Å². The van der Waals surface area contributed by atoms with Crippen molar-refractivity contribution in [2.24, 2.45) is 0 Å². The van der Waals surface area contributed by atoms with Crippen LogP contribution in [0.15, 0.2) is 18.2 Å². The molecule has 0 amide bonds. The average molecular weight is 222 g/mol. The molecule has 1 aliphatic carbocycles. The van der Waals surface area contributed by atoms with Crippen molar-refractivity contribution in [2.75, 3.05) is 6.26 Å². The third-order valence-corrected chi connectivity index (χ3v) is 4.25. The first kappa shape index (κ1) is 11.0. The van der Waals surface area contributed by atoms with Crippen LogP contribution in [0, 0.1) is 0 Å². The van der Waals surface area contributed by atoms with E-state index in [9.17, 15) is 5.11 Å². The maximum atomic E-state index is 9.84. The molecule has 15 heavy (non-hydrogen) atoms. The Bertz CT molecular complexity index is 348. The molecule has 0 radical (unpaired) electrons. The number of fused-ring (bicyclic) bond motifs is 1. The van der Waals surface area contributed by atoms with Gasteiger partial charge in [0.1, 0.15) is 0 Å². The fourth-order valence-electron chi connectivity index (χ4n) is 2.20. The van der Waals surface area contributed by atoms with Crippen LogP contribution in [-0.2, 0) is 6.42 Å². The Hall–Kier alpha value is -0.470. The molecule has 0 bridgehead atoms. The van der Waals surface area contributed by atoms with Gasteiger partial charge in [0.2, 0.25) is 0 Å². The second-order valence-corrected chi connectivity index (χ2v) is 5.42. The Morgan fingerprint density at radius 1 is 1.47 bits per heavy atom. The molecule has 2 atom stereocenters. The Labute approximate surface area is 95.9 Å². The molecule has 2 heteroatoms. The highest BCUT2D eigenvalue weighted by molar-refractivity contribution is 7.98. The van der Waals surface area contributed by atoms with Crippen LogP contribution in [-0.4, -0.2) is 11.4 Å². The van der Waals surface area contributed by atoms with Gasteiger partial charge in [0.15, 0.2) is 0 Å². The number of rotatable bonds is 2. The van der Waals surface area contributed by atoms with E-state index < -0.39 is 0 Å². The fourth-order valence-corrected chi connectivity index (χ4v) is 2.62. The summed E-state index contributed by atoms with van der Waals surface area (Å²) in [6.45, 7) is 2.23. The van der Waals surface area contributed by atoms with E-state index in [2.05, 4.69) is 31.4 Å². The van der Waals surface area contributed by atoms with E-state index in [1.807, 2.05) is 11.8 Å². The highest BCUT2D eigenvalue weighted by atomic mass is 32.2. The summed E-state index contributed by atoms with van der Waals surface area (Å²) in [4.78, 5) is 0. The number of aliphatic hydroxyl groups is 1. The van der Waals surface area contributed by atoms with Crippen LogP contribution < -0.4 is 0 Å². The summed E-state index contributed by atoms with van der Waals surface area (Å²) in [5, 5.41) is 10.4. The first-order chi connectivity index (χ1) is 7.22. The molecule has 0 fully saturated rings. The zero-order valence-electron chi connectivity index (χ0n) is 9.36. The molecule has 1 aromatic carbocycles. The van der Waals surface area contributed by atoms with Crippen molar-refractivity contribution in [1.82, 2.24) is 0 Å². The van der Waals surface area contributed by atoms with Crippen molar-refractivity contribution in [3.05, 3.63) is 34.9 Å². The van der Waals surface area contributed by atoms with Gasteiger partial charge in [-0.1, -0.05) is 18.2 Å². The molecule has 2 rings (SSSR count). The maximum absolute atomic E-state index is 9.84. The zero-order chi connectivity index (χ0) is 10.8. The zero-order valence-corrected chi connectivity index (χ0v) is 10.2. The Kier molecular flexibility index (Phi) is 3.37. The lowest BCUT2D eigenvalue weighted by molar-refractivity contribution is 0.156. The number of aryl methyl sites for hydroxylation is 1. The maximum Gasteiger partial charge on any atom is 0.0792 e. The summed E-state index contributed by atoms with van der Waals surface area (Å²) < 4.78 is 0.